The number of Topliss-reactive ketones (excluding diaryl/α,β-unsaturated/α-hetero) is 2. The van der Waals surface area contributed by atoms with E-state index in [0.29, 0.717) is 29.3 Å². The molecule has 6 unspecified atom stereocenters. The van der Waals surface area contributed by atoms with Crippen molar-refractivity contribution in [2.24, 2.45) is 34.7 Å². The molecule has 2 saturated carbocycles. The summed E-state index contributed by atoms with van der Waals surface area (Å²) in [6.45, 7) is 3.55. The van der Waals surface area contributed by atoms with Gasteiger partial charge in [0.25, 0.3) is 10.0 Å². The number of nitrogens with one attached hydrogen (secondary N) is 1. The van der Waals surface area contributed by atoms with Crippen molar-refractivity contribution >= 4 is 38.9 Å². The number of ketones is 2. The maximum atomic E-state index is 14.1. The van der Waals surface area contributed by atoms with Crippen LogP contribution in [0.2, 0.25) is 0 Å². The van der Waals surface area contributed by atoms with Gasteiger partial charge in [-0.2, -0.15) is 17.9 Å². The van der Waals surface area contributed by atoms with Gasteiger partial charge in [-0.3, -0.25) is 14.4 Å². The molecular formula is C30H31N3O5S. The Bertz CT molecular complexity index is 1510. The molecule has 2 fully saturated rings. The Kier molecular flexibility index (Phi) is 6.29. The lowest BCUT2D eigenvalue weighted by Gasteiger charge is -2.48. The predicted molar refractivity (Wildman–Crippen MR) is 146 cm³/mol. The number of amides is 1. The van der Waals surface area contributed by atoms with E-state index in [1.54, 1.807) is 12.1 Å². The Morgan fingerprint density at radius 2 is 1.72 bits per heavy atom. The summed E-state index contributed by atoms with van der Waals surface area (Å²) in [6.07, 6.45) is 5.60. The molecule has 6 atom stereocenters. The molecule has 39 heavy (non-hydrogen) atoms. The summed E-state index contributed by atoms with van der Waals surface area (Å²) in [5.41, 5.74) is 2.67. The number of fused-ring (bicyclic) bond motifs is 5. The molecule has 0 spiro atoms. The molecule has 2 aromatic carbocycles. The lowest BCUT2D eigenvalue weighted by atomic mass is 9.56. The summed E-state index contributed by atoms with van der Waals surface area (Å²) >= 11 is 0. The second kappa shape index (κ2) is 9.55. The zero-order valence-corrected chi connectivity index (χ0v) is 22.7. The van der Waals surface area contributed by atoms with Gasteiger partial charge in [-0.05, 0) is 66.8 Å². The number of rotatable bonds is 4. The van der Waals surface area contributed by atoms with Crippen LogP contribution in [0.25, 0.3) is 0 Å². The van der Waals surface area contributed by atoms with Crippen LogP contribution in [0, 0.1) is 29.6 Å². The minimum atomic E-state index is -4.18. The first-order chi connectivity index (χ1) is 18.7. The van der Waals surface area contributed by atoms with E-state index in [2.05, 4.69) is 23.4 Å². The second-order valence-electron chi connectivity index (χ2n) is 11.1. The highest BCUT2D eigenvalue weighted by Crippen LogP contribution is 2.53. The molecule has 6 rings (SSSR count). The van der Waals surface area contributed by atoms with E-state index in [1.165, 1.54) is 36.8 Å². The summed E-state index contributed by atoms with van der Waals surface area (Å²) in [5.74, 6) is -2.70. The first-order valence-corrected chi connectivity index (χ1v) is 15.0. The fourth-order valence-corrected chi connectivity index (χ4v) is 8.63. The van der Waals surface area contributed by atoms with E-state index in [1.807, 2.05) is 18.2 Å². The van der Waals surface area contributed by atoms with Crippen molar-refractivity contribution in [2.75, 3.05) is 5.32 Å². The highest BCUT2D eigenvalue weighted by molar-refractivity contribution is 7.89. The Labute approximate surface area is 228 Å². The van der Waals surface area contributed by atoms with Crippen LogP contribution >= 0.6 is 0 Å². The molecule has 1 aliphatic heterocycles. The third kappa shape index (κ3) is 4.14. The highest BCUT2D eigenvalue weighted by atomic mass is 32.2. The molecule has 1 amide bonds. The number of hydrogen-bond acceptors (Lipinski definition) is 6. The molecule has 2 aromatic rings. The van der Waals surface area contributed by atoms with Crippen molar-refractivity contribution in [2.45, 2.75) is 50.5 Å². The maximum absolute atomic E-state index is 14.1. The highest BCUT2D eigenvalue weighted by Gasteiger charge is 2.61. The topological polar surface area (TPSA) is 113 Å². The van der Waals surface area contributed by atoms with Crippen LogP contribution in [0.4, 0.5) is 5.69 Å². The molecule has 9 heteroatoms. The lowest BCUT2D eigenvalue weighted by Crippen LogP contribution is -2.59. The van der Waals surface area contributed by atoms with E-state index < -0.39 is 33.7 Å². The molecule has 1 heterocycles. The fraction of sp³-hybridized carbons (Fsp3) is 0.400. The third-order valence-corrected chi connectivity index (χ3v) is 10.5. The van der Waals surface area contributed by atoms with Crippen molar-refractivity contribution in [3.8, 4) is 0 Å². The second-order valence-corrected chi connectivity index (χ2v) is 12.9. The van der Waals surface area contributed by atoms with Gasteiger partial charge in [0.05, 0.1) is 22.6 Å². The molecule has 0 bridgehead atoms. The normalized spacial score (nSPS) is 30.1. The molecule has 0 radical (unpaired) electrons. The molecular weight excluding hydrogens is 514 g/mol. The van der Waals surface area contributed by atoms with Gasteiger partial charge >= 0.3 is 0 Å². The van der Waals surface area contributed by atoms with Crippen LogP contribution < -0.4 is 5.32 Å². The van der Waals surface area contributed by atoms with Gasteiger partial charge < -0.3 is 5.32 Å². The third-order valence-electron chi connectivity index (χ3n) is 8.82. The van der Waals surface area contributed by atoms with Crippen LogP contribution in [-0.4, -0.2) is 42.1 Å². The largest absolute Gasteiger partial charge is 0.326 e. The number of anilines is 1. The number of carbonyl (C=O) groups excluding carboxylic acids is 3. The van der Waals surface area contributed by atoms with Gasteiger partial charge in [0.15, 0.2) is 0 Å². The van der Waals surface area contributed by atoms with Crippen LogP contribution in [0.1, 0.15) is 45.1 Å². The van der Waals surface area contributed by atoms with Gasteiger partial charge in [-0.1, -0.05) is 55.3 Å². The van der Waals surface area contributed by atoms with Gasteiger partial charge in [-0.15, -0.1) is 0 Å². The molecule has 1 N–H and O–H groups in total. The van der Waals surface area contributed by atoms with Crippen LogP contribution in [0.3, 0.4) is 0 Å². The number of benzene rings is 2. The van der Waals surface area contributed by atoms with Crippen LogP contribution in [-0.2, 0) is 24.4 Å². The summed E-state index contributed by atoms with van der Waals surface area (Å²) in [5, 5.41) is 7.26. The van der Waals surface area contributed by atoms with Crippen molar-refractivity contribution in [3.63, 3.8) is 0 Å². The van der Waals surface area contributed by atoms with Gasteiger partial charge in [0.1, 0.15) is 0 Å². The van der Waals surface area contributed by atoms with E-state index in [9.17, 15) is 22.8 Å². The zero-order chi connectivity index (χ0) is 27.5. The van der Waals surface area contributed by atoms with Crippen molar-refractivity contribution in [1.82, 2.24) is 4.41 Å². The van der Waals surface area contributed by atoms with Gasteiger partial charge in [-0.25, -0.2) is 0 Å². The zero-order valence-electron chi connectivity index (χ0n) is 21.9. The Morgan fingerprint density at radius 1 is 1.00 bits per heavy atom. The van der Waals surface area contributed by atoms with E-state index in [0.717, 1.165) is 23.7 Å². The SMILES string of the molecule is CC(=O)Nc1ccc(S(=O)(=O)N2N=C(c3ccccc3)C3C(=O)C(=O)C4C5CCCC(C)C5=CCC4C32)cc1. The average molecular weight is 546 g/mol. The minimum Gasteiger partial charge on any atom is -0.326 e. The Morgan fingerprint density at radius 3 is 2.41 bits per heavy atom. The van der Waals surface area contributed by atoms with Crippen LogP contribution in [0.15, 0.2) is 76.2 Å². The quantitative estimate of drug-likeness (QED) is 0.457. The molecule has 202 valence electrons. The van der Waals surface area contributed by atoms with Crippen molar-refractivity contribution in [3.05, 3.63) is 71.8 Å². The number of hydrazone groups is 1. The molecule has 4 aliphatic rings. The number of sulfonamides is 1. The molecule has 0 aromatic heterocycles. The molecule has 8 nitrogen and oxygen atoms in total. The summed E-state index contributed by atoms with van der Waals surface area (Å²) < 4.78 is 29.3. The summed E-state index contributed by atoms with van der Waals surface area (Å²) in [4.78, 5) is 39.0. The standard InChI is InChI=1S/C30H31N3O5S/c1-17-7-6-10-23-22(17)15-16-24-25(23)29(35)30(36)26-27(19-8-4-3-5-9-19)32-33(28(24)26)39(37,38)21-13-11-20(12-14-21)31-18(2)34/h3-5,8-9,11-15,17,23-26,28H,6-7,10,16H2,1-2H3,(H,31,34). The Hall–Kier alpha value is -3.59. The first-order valence-electron chi connectivity index (χ1n) is 13.5. The lowest BCUT2D eigenvalue weighted by molar-refractivity contribution is -0.148. The number of nitrogens with zero attached hydrogens (tertiary/aromatic N) is 2. The Balaban J connectivity index is 1.46. The van der Waals surface area contributed by atoms with Crippen LogP contribution in [0.5, 0.6) is 0 Å². The van der Waals surface area contributed by atoms with E-state index in [4.69, 9.17) is 0 Å². The first kappa shape index (κ1) is 25.7. The average Bonchev–Trinajstić information content (AvgIpc) is 3.34. The molecule has 3 aliphatic carbocycles. The summed E-state index contributed by atoms with van der Waals surface area (Å²) in [7, 11) is -4.18. The number of allylic oxidation sites excluding steroid dienone is 2. The smallest absolute Gasteiger partial charge is 0.279 e. The molecule has 0 saturated heterocycles. The number of carbonyl (C=O) groups is 3. The summed E-state index contributed by atoms with van der Waals surface area (Å²) in [6, 6.07) is 14.2. The van der Waals surface area contributed by atoms with E-state index >= 15 is 0 Å². The van der Waals surface area contributed by atoms with Crippen molar-refractivity contribution < 1.29 is 22.8 Å². The van der Waals surface area contributed by atoms with Crippen molar-refractivity contribution in [1.29, 1.82) is 0 Å². The maximum Gasteiger partial charge on any atom is 0.279 e. The minimum absolute atomic E-state index is 0.00708. The fourth-order valence-electron chi connectivity index (χ4n) is 7.14. The monoisotopic (exact) mass is 545 g/mol. The number of hydrogen-bond donors (Lipinski definition) is 1. The van der Waals surface area contributed by atoms with E-state index in [-0.39, 0.29) is 28.4 Å². The van der Waals surface area contributed by atoms with Gasteiger partial charge in [0.2, 0.25) is 17.5 Å². The van der Waals surface area contributed by atoms with Gasteiger partial charge in [0, 0.05) is 18.5 Å². The predicted octanol–water partition coefficient (Wildman–Crippen LogP) is 4.19.